The standard InChI is InChI=1S/C17H21F3N2O6/c1-26-12-8-9(13(22(24)25)15(28-3)14(12)27-2)16(23)21-11-7-5-4-6-10(11)17(18,19)20/h8,10-11H,4-7H2,1-3H3,(H,21,23). The van der Waals surface area contributed by atoms with Gasteiger partial charge in [0.15, 0.2) is 5.75 Å². The lowest BCUT2D eigenvalue weighted by molar-refractivity contribution is -0.386. The maximum atomic E-state index is 13.3. The smallest absolute Gasteiger partial charge is 0.393 e. The molecule has 1 aromatic rings. The second-order valence-electron chi connectivity index (χ2n) is 6.31. The van der Waals surface area contributed by atoms with Crippen LogP contribution in [0.1, 0.15) is 36.0 Å². The van der Waals surface area contributed by atoms with Gasteiger partial charge in [-0.3, -0.25) is 14.9 Å². The summed E-state index contributed by atoms with van der Waals surface area (Å²) in [5, 5.41) is 13.9. The largest absolute Gasteiger partial charge is 0.493 e. The van der Waals surface area contributed by atoms with Crippen LogP contribution in [-0.2, 0) is 0 Å². The number of nitrogens with zero attached hydrogens (tertiary/aromatic N) is 1. The van der Waals surface area contributed by atoms with Gasteiger partial charge in [0.2, 0.25) is 11.5 Å². The van der Waals surface area contributed by atoms with Gasteiger partial charge in [0, 0.05) is 12.1 Å². The van der Waals surface area contributed by atoms with Gasteiger partial charge in [0.1, 0.15) is 5.56 Å². The van der Waals surface area contributed by atoms with Gasteiger partial charge in [0.05, 0.1) is 32.2 Å². The van der Waals surface area contributed by atoms with E-state index < -0.39 is 40.2 Å². The first-order chi connectivity index (χ1) is 13.1. The Kier molecular flexibility index (Phi) is 6.57. The Balaban J connectivity index is 2.48. The first-order valence-corrected chi connectivity index (χ1v) is 8.50. The SMILES string of the molecule is COc1cc(C(=O)NC2CCCCC2C(F)(F)F)c([N+](=O)[O-])c(OC)c1OC. The Hall–Kier alpha value is -2.72. The van der Waals surface area contributed by atoms with Crippen molar-refractivity contribution in [1.29, 1.82) is 0 Å². The molecule has 0 bridgehead atoms. The van der Waals surface area contributed by atoms with E-state index in [0.717, 1.165) is 13.2 Å². The molecule has 0 radical (unpaired) electrons. The maximum absolute atomic E-state index is 13.3. The lowest BCUT2D eigenvalue weighted by Gasteiger charge is -2.33. The fourth-order valence-electron chi connectivity index (χ4n) is 3.44. The lowest BCUT2D eigenvalue weighted by atomic mass is 9.84. The summed E-state index contributed by atoms with van der Waals surface area (Å²) in [6, 6.07) is -0.111. The molecule has 2 rings (SSSR count). The second-order valence-corrected chi connectivity index (χ2v) is 6.31. The minimum absolute atomic E-state index is 0.0221. The number of hydrogen-bond donors (Lipinski definition) is 1. The zero-order valence-electron chi connectivity index (χ0n) is 15.6. The zero-order chi connectivity index (χ0) is 21.1. The number of nitrogens with one attached hydrogen (secondary N) is 1. The number of carbonyl (C=O) groups excluding carboxylic acids is 1. The average molecular weight is 406 g/mol. The van der Waals surface area contributed by atoms with Gasteiger partial charge >= 0.3 is 11.9 Å². The first-order valence-electron chi connectivity index (χ1n) is 8.50. The van der Waals surface area contributed by atoms with Crippen LogP contribution in [0.25, 0.3) is 0 Å². The van der Waals surface area contributed by atoms with Crippen molar-refractivity contribution in [3.63, 3.8) is 0 Å². The Bertz CT molecular complexity index is 753. The van der Waals surface area contributed by atoms with E-state index in [1.807, 2.05) is 0 Å². The monoisotopic (exact) mass is 406 g/mol. The molecule has 11 heteroatoms. The number of nitro benzene ring substituents is 1. The summed E-state index contributed by atoms with van der Waals surface area (Å²) in [6.45, 7) is 0. The number of halogens is 3. The number of alkyl halides is 3. The summed E-state index contributed by atoms with van der Waals surface area (Å²) in [5.74, 6) is -3.18. The number of carbonyl (C=O) groups is 1. The zero-order valence-corrected chi connectivity index (χ0v) is 15.6. The highest BCUT2D eigenvalue weighted by atomic mass is 19.4. The third-order valence-electron chi connectivity index (χ3n) is 4.73. The number of rotatable bonds is 6. The number of nitro groups is 1. The third-order valence-corrected chi connectivity index (χ3v) is 4.73. The number of hydrogen-bond acceptors (Lipinski definition) is 6. The molecule has 0 heterocycles. The predicted octanol–water partition coefficient (Wildman–Crippen LogP) is 3.47. The van der Waals surface area contributed by atoms with E-state index in [4.69, 9.17) is 14.2 Å². The normalized spacial score (nSPS) is 19.6. The molecule has 1 aromatic carbocycles. The fraction of sp³-hybridized carbons (Fsp3) is 0.588. The maximum Gasteiger partial charge on any atom is 0.393 e. The number of benzene rings is 1. The summed E-state index contributed by atoms with van der Waals surface area (Å²) in [5.41, 5.74) is -1.18. The summed E-state index contributed by atoms with van der Waals surface area (Å²) >= 11 is 0. The van der Waals surface area contributed by atoms with E-state index in [-0.39, 0.29) is 30.1 Å². The Morgan fingerprint density at radius 3 is 2.25 bits per heavy atom. The van der Waals surface area contributed by atoms with E-state index in [9.17, 15) is 28.1 Å². The van der Waals surface area contributed by atoms with Gasteiger partial charge < -0.3 is 19.5 Å². The molecule has 1 aliphatic rings. The van der Waals surface area contributed by atoms with E-state index >= 15 is 0 Å². The van der Waals surface area contributed by atoms with Gasteiger partial charge in [-0.25, -0.2) is 0 Å². The van der Waals surface area contributed by atoms with Crippen molar-refractivity contribution in [1.82, 2.24) is 5.32 Å². The number of methoxy groups -OCH3 is 3. The molecule has 1 amide bonds. The Labute approximate surface area is 159 Å². The second kappa shape index (κ2) is 8.53. The molecule has 0 aromatic heterocycles. The van der Waals surface area contributed by atoms with Crippen molar-refractivity contribution in [2.24, 2.45) is 5.92 Å². The quantitative estimate of drug-likeness (QED) is 0.574. The molecule has 1 aliphatic carbocycles. The molecule has 0 spiro atoms. The van der Waals surface area contributed by atoms with Crippen LogP contribution in [0.15, 0.2) is 6.07 Å². The van der Waals surface area contributed by atoms with Gasteiger partial charge in [-0.05, 0) is 12.8 Å². The van der Waals surface area contributed by atoms with Crippen molar-refractivity contribution >= 4 is 11.6 Å². The van der Waals surface area contributed by atoms with Crippen molar-refractivity contribution in [2.75, 3.05) is 21.3 Å². The summed E-state index contributed by atoms with van der Waals surface area (Å²) in [7, 11) is 3.64. The molecule has 1 saturated carbocycles. The molecule has 1 N–H and O–H groups in total. The third kappa shape index (κ3) is 4.23. The van der Waals surface area contributed by atoms with Crippen LogP contribution in [0.5, 0.6) is 17.2 Å². The van der Waals surface area contributed by atoms with Crippen LogP contribution < -0.4 is 19.5 Å². The van der Waals surface area contributed by atoms with E-state index in [1.54, 1.807) is 0 Å². The van der Waals surface area contributed by atoms with Crippen molar-refractivity contribution < 1.29 is 37.1 Å². The van der Waals surface area contributed by atoms with Crippen LogP contribution in [0.4, 0.5) is 18.9 Å². The molecule has 0 aliphatic heterocycles. The highest BCUT2D eigenvalue weighted by molar-refractivity contribution is 6.00. The first kappa shape index (κ1) is 21.6. The molecule has 0 saturated heterocycles. The summed E-state index contributed by atoms with van der Waals surface area (Å²) in [4.78, 5) is 23.4. The van der Waals surface area contributed by atoms with Crippen LogP contribution in [-0.4, -0.2) is 44.4 Å². The molecule has 8 nitrogen and oxygen atoms in total. The highest BCUT2D eigenvalue weighted by Crippen LogP contribution is 2.46. The van der Waals surface area contributed by atoms with Gasteiger partial charge in [-0.15, -0.1) is 0 Å². The van der Waals surface area contributed by atoms with Crippen LogP contribution in [0.3, 0.4) is 0 Å². The van der Waals surface area contributed by atoms with Crippen LogP contribution >= 0.6 is 0 Å². The van der Waals surface area contributed by atoms with Crippen LogP contribution in [0.2, 0.25) is 0 Å². The van der Waals surface area contributed by atoms with Gasteiger partial charge in [-0.1, -0.05) is 12.8 Å². The molecule has 156 valence electrons. The molecule has 2 atom stereocenters. The molecule has 1 fully saturated rings. The Morgan fingerprint density at radius 1 is 1.14 bits per heavy atom. The molecule has 2 unspecified atom stereocenters. The van der Waals surface area contributed by atoms with Crippen molar-refractivity contribution in [2.45, 2.75) is 37.9 Å². The van der Waals surface area contributed by atoms with Gasteiger partial charge in [-0.2, -0.15) is 13.2 Å². The molecule has 28 heavy (non-hydrogen) atoms. The van der Waals surface area contributed by atoms with E-state index in [0.29, 0.717) is 12.8 Å². The highest BCUT2D eigenvalue weighted by Gasteiger charge is 2.46. The van der Waals surface area contributed by atoms with E-state index in [1.165, 1.54) is 14.2 Å². The Morgan fingerprint density at radius 2 is 1.75 bits per heavy atom. The summed E-state index contributed by atoms with van der Waals surface area (Å²) < 4.78 is 55.0. The van der Waals surface area contributed by atoms with Crippen molar-refractivity contribution in [3.05, 3.63) is 21.7 Å². The van der Waals surface area contributed by atoms with E-state index in [2.05, 4.69) is 5.32 Å². The fourth-order valence-corrected chi connectivity index (χ4v) is 3.44. The minimum atomic E-state index is -4.47. The van der Waals surface area contributed by atoms with Crippen LogP contribution in [0, 0.1) is 16.0 Å². The topological polar surface area (TPSA) is 99.9 Å². The summed E-state index contributed by atoms with van der Waals surface area (Å²) in [6.07, 6.45) is -3.52. The number of amides is 1. The lowest BCUT2D eigenvalue weighted by Crippen LogP contribution is -2.47. The number of ether oxygens (including phenoxy) is 3. The molecular weight excluding hydrogens is 385 g/mol. The minimum Gasteiger partial charge on any atom is -0.493 e. The predicted molar refractivity (Wildman–Crippen MR) is 92.0 cm³/mol. The molecular formula is C17H21F3N2O6. The van der Waals surface area contributed by atoms with Gasteiger partial charge in [0.25, 0.3) is 5.91 Å². The van der Waals surface area contributed by atoms with Crippen molar-refractivity contribution in [3.8, 4) is 17.2 Å². The average Bonchev–Trinajstić information content (AvgIpc) is 2.65.